The van der Waals surface area contributed by atoms with Crippen molar-refractivity contribution >= 4 is 17.6 Å². The number of nitrogens with one attached hydrogen (secondary N) is 2. The average Bonchev–Trinajstić information content (AvgIpc) is 2.72. The van der Waals surface area contributed by atoms with Crippen LogP contribution in [0.15, 0.2) is 59.8 Å². The third-order valence-corrected chi connectivity index (χ3v) is 5.07. The molecule has 2 aliphatic rings. The molecule has 2 aromatic rings. The molecule has 0 saturated carbocycles. The fourth-order valence-corrected chi connectivity index (χ4v) is 3.68. The van der Waals surface area contributed by atoms with Crippen molar-refractivity contribution in [1.82, 2.24) is 15.8 Å². The fraction of sp³-hybridized carbons (Fsp3) is 0.190. The van der Waals surface area contributed by atoms with Gasteiger partial charge in [-0.1, -0.05) is 18.2 Å². The largest absolute Gasteiger partial charge is 0.416 e. The number of hydrazine groups is 1. The Morgan fingerprint density at radius 3 is 2.48 bits per heavy atom. The number of halogens is 3. The van der Waals surface area contributed by atoms with E-state index in [4.69, 9.17) is 5.26 Å². The Morgan fingerprint density at radius 2 is 1.84 bits per heavy atom. The molecule has 31 heavy (non-hydrogen) atoms. The lowest BCUT2D eigenvalue weighted by Gasteiger charge is -2.41. The first-order chi connectivity index (χ1) is 14.7. The number of benzene rings is 2. The Morgan fingerprint density at radius 1 is 1.13 bits per heavy atom. The van der Waals surface area contributed by atoms with E-state index in [1.54, 1.807) is 31.3 Å². The molecule has 4 rings (SSSR count). The SMILES string of the molecule is CN1CC2=C(C(=O)N1)[C@H](c1ccc(C#N)cc1)NC(=O)N2c1cccc(C(F)(F)F)c1. The number of rotatable bonds is 2. The van der Waals surface area contributed by atoms with E-state index in [2.05, 4.69) is 10.7 Å². The number of hydrogen-bond donors (Lipinski definition) is 2. The second-order valence-electron chi connectivity index (χ2n) is 7.16. The third-order valence-electron chi connectivity index (χ3n) is 5.07. The molecule has 158 valence electrons. The molecule has 10 heteroatoms. The first-order valence-corrected chi connectivity index (χ1v) is 9.22. The molecule has 0 radical (unpaired) electrons. The smallest absolute Gasteiger partial charge is 0.326 e. The van der Waals surface area contributed by atoms with Gasteiger partial charge in [-0.25, -0.2) is 9.80 Å². The van der Waals surface area contributed by atoms with Crippen LogP contribution in [-0.2, 0) is 11.0 Å². The highest BCUT2D eigenvalue weighted by molar-refractivity contribution is 6.05. The van der Waals surface area contributed by atoms with E-state index in [9.17, 15) is 22.8 Å². The molecule has 0 aliphatic carbocycles. The summed E-state index contributed by atoms with van der Waals surface area (Å²) < 4.78 is 39.6. The van der Waals surface area contributed by atoms with Gasteiger partial charge in [-0.05, 0) is 35.9 Å². The predicted octanol–water partition coefficient (Wildman–Crippen LogP) is 3.08. The Labute approximate surface area is 175 Å². The van der Waals surface area contributed by atoms with Gasteiger partial charge in [0.2, 0.25) is 0 Å². The molecule has 0 saturated heterocycles. The fourth-order valence-electron chi connectivity index (χ4n) is 3.68. The van der Waals surface area contributed by atoms with Crippen LogP contribution in [0, 0.1) is 11.3 Å². The van der Waals surface area contributed by atoms with Gasteiger partial charge in [-0.2, -0.15) is 18.4 Å². The van der Waals surface area contributed by atoms with Crippen molar-refractivity contribution in [3.63, 3.8) is 0 Å². The maximum Gasteiger partial charge on any atom is 0.416 e. The van der Waals surface area contributed by atoms with Crippen LogP contribution in [0.25, 0.3) is 0 Å². The van der Waals surface area contributed by atoms with Crippen molar-refractivity contribution in [2.24, 2.45) is 0 Å². The van der Waals surface area contributed by atoms with Crippen LogP contribution in [0.1, 0.15) is 22.7 Å². The Kier molecular flexibility index (Phi) is 4.91. The Hall–Kier alpha value is -3.84. The molecule has 2 aliphatic heterocycles. The van der Waals surface area contributed by atoms with Gasteiger partial charge in [0.1, 0.15) is 0 Å². The lowest BCUT2D eigenvalue weighted by molar-refractivity contribution is -0.137. The van der Waals surface area contributed by atoms with Gasteiger partial charge in [0.15, 0.2) is 0 Å². The number of anilines is 1. The van der Waals surface area contributed by atoms with E-state index >= 15 is 0 Å². The Bertz CT molecular complexity index is 1130. The second kappa shape index (κ2) is 7.45. The monoisotopic (exact) mass is 427 g/mol. The molecule has 0 bridgehead atoms. The number of alkyl halides is 3. The zero-order valence-electron chi connectivity index (χ0n) is 16.2. The quantitative estimate of drug-likeness (QED) is 0.771. The number of amides is 3. The maximum atomic E-state index is 13.2. The summed E-state index contributed by atoms with van der Waals surface area (Å²) in [4.78, 5) is 27.0. The molecule has 0 fully saturated rings. The van der Waals surface area contributed by atoms with E-state index < -0.39 is 29.7 Å². The highest BCUT2D eigenvalue weighted by Gasteiger charge is 2.41. The van der Waals surface area contributed by atoms with Gasteiger partial charge in [0.25, 0.3) is 5.91 Å². The van der Waals surface area contributed by atoms with Crippen molar-refractivity contribution in [3.8, 4) is 6.07 Å². The summed E-state index contributed by atoms with van der Waals surface area (Å²) in [7, 11) is 1.59. The summed E-state index contributed by atoms with van der Waals surface area (Å²) in [6.45, 7) is 0.109. The van der Waals surface area contributed by atoms with E-state index in [-0.39, 0.29) is 23.5 Å². The summed E-state index contributed by atoms with van der Waals surface area (Å²) in [6, 6.07) is 11.3. The molecule has 2 aromatic carbocycles. The molecule has 0 unspecified atom stereocenters. The normalized spacial score (nSPS) is 19.5. The summed E-state index contributed by atoms with van der Waals surface area (Å²) >= 11 is 0. The van der Waals surface area contributed by atoms with Gasteiger partial charge in [-0.3, -0.25) is 15.1 Å². The number of nitrogens with zero attached hydrogens (tertiary/aromatic N) is 3. The standard InChI is InChI=1S/C21H16F3N5O2/c1-28-11-16-17(19(30)27-28)18(13-7-5-12(10-25)6-8-13)26-20(31)29(16)15-4-2-3-14(9-15)21(22,23)24/h2-9,18H,11H2,1H3,(H,26,31)(H,27,30)/t18-/m0/s1. The average molecular weight is 427 g/mol. The first kappa shape index (κ1) is 20.4. The molecular weight excluding hydrogens is 411 g/mol. The van der Waals surface area contributed by atoms with Gasteiger partial charge in [-0.15, -0.1) is 0 Å². The number of carbonyl (C=O) groups is 2. The second-order valence-corrected chi connectivity index (χ2v) is 7.16. The minimum Gasteiger partial charge on any atom is -0.326 e. The van der Waals surface area contributed by atoms with E-state index in [0.29, 0.717) is 11.1 Å². The van der Waals surface area contributed by atoms with Crippen LogP contribution in [0.2, 0.25) is 0 Å². The maximum absolute atomic E-state index is 13.2. The lowest BCUT2D eigenvalue weighted by atomic mass is 9.92. The van der Waals surface area contributed by atoms with Crippen LogP contribution in [0.5, 0.6) is 0 Å². The van der Waals surface area contributed by atoms with Crippen molar-refractivity contribution in [1.29, 1.82) is 5.26 Å². The van der Waals surface area contributed by atoms with Crippen LogP contribution < -0.4 is 15.6 Å². The highest BCUT2D eigenvalue weighted by atomic mass is 19.4. The summed E-state index contributed by atoms with van der Waals surface area (Å²) in [6.07, 6.45) is -4.58. The van der Waals surface area contributed by atoms with Crippen LogP contribution in [0.3, 0.4) is 0 Å². The van der Waals surface area contributed by atoms with Gasteiger partial charge < -0.3 is 5.32 Å². The van der Waals surface area contributed by atoms with Gasteiger partial charge in [0, 0.05) is 7.05 Å². The minimum atomic E-state index is -4.58. The lowest BCUT2D eigenvalue weighted by Crippen LogP contribution is -2.57. The zero-order valence-corrected chi connectivity index (χ0v) is 16.2. The zero-order chi connectivity index (χ0) is 22.3. The molecular formula is C21H16F3N5O2. The Balaban J connectivity index is 1.85. The number of likely N-dealkylation sites (N-methyl/N-ethyl adjacent to an activating group) is 1. The summed E-state index contributed by atoms with van der Waals surface area (Å²) in [5, 5.41) is 13.2. The number of urea groups is 1. The van der Waals surface area contributed by atoms with Crippen molar-refractivity contribution in [3.05, 3.63) is 76.5 Å². The van der Waals surface area contributed by atoms with Crippen molar-refractivity contribution < 1.29 is 22.8 Å². The van der Waals surface area contributed by atoms with E-state index in [0.717, 1.165) is 17.0 Å². The molecule has 2 N–H and O–H groups in total. The molecule has 0 aromatic heterocycles. The van der Waals surface area contributed by atoms with E-state index in [1.807, 2.05) is 6.07 Å². The van der Waals surface area contributed by atoms with Crippen molar-refractivity contribution in [2.75, 3.05) is 18.5 Å². The van der Waals surface area contributed by atoms with E-state index in [1.165, 1.54) is 17.1 Å². The summed E-state index contributed by atoms with van der Waals surface area (Å²) in [5.74, 6) is -0.477. The molecule has 3 amide bonds. The van der Waals surface area contributed by atoms with Gasteiger partial charge >= 0.3 is 12.2 Å². The topological polar surface area (TPSA) is 88.5 Å². The van der Waals surface area contributed by atoms with Crippen molar-refractivity contribution in [2.45, 2.75) is 12.2 Å². The predicted molar refractivity (Wildman–Crippen MR) is 104 cm³/mol. The highest BCUT2D eigenvalue weighted by Crippen LogP contribution is 2.37. The van der Waals surface area contributed by atoms with Gasteiger partial charge in [0.05, 0.1) is 46.7 Å². The first-order valence-electron chi connectivity index (χ1n) is 9.22. The summed E-state index contributed by atoms with van der Waals surface area (Å²) in [5.41, 5.74) is 3.24. The molecule has 1 atom stereocenters. The number of nitriles is 1. The van der Waals surface area contributed by atoms with Crippen LogP contribution in [0.4, 0.5) is 23.7 Å². The van der Waals surface area contributed by atoms with Crippen LogP contribution >= 0.6 is 0 Å². The number of carbonyl (C=O) groups excluding carboxylic acids is 2. The molecule has 2 heterocycles. The molecule has 7 nitrogen and oxygen atoms in total. The number of hydrogen-bond acceptors (Lipinski definition) is 4. The third kappa shape index (κ3) is 3.71. The van der Waals surface area contributed by atoms with Crippen LogP contribution in [-0.4, -0.2) is 30.5 Å². The molecule has 0 spiro atoms. The minimum absolute atomic E-state index is 0.00111.